The normalized spacial score (nSPS) is 29.1. The van der Waals surface area contributed by atoms with Gasteiger partial charge in [0.1, 0.15) is 11.4 Å². The number of esters is 2. The van der Waals surface area contributed by atoms with Gasteiger partial charge in [-0.1, -0.05) is 29.3 Å². The van der Waals surface area contributed by atoms with E-state index in [2.05, 4.69) is 5.10 Å². The molecule has 2 aromatic rings. The molecular formula is C22H16Cl2N4O4S. The van der Waals surface area contributed by atoms with Crippen LogP contribution in [0.3, 0.4) is 0 Å². The molecule has 3 atom stereocenters. The minimum atomic E-state index is -1.46. The van der Waals surface area contributed by atoms with E-state index in [1.54, 1.807) is 46.4 Å². The number of hydrazine groups is 1. The lowest BCUT2D eigenvalue weighted by molar-refractivity contribution is -0.145. The number of amidine groups is 1. The smallest absolute Gasteiger partial charge is 0.377 e. The van der Waals surface area contributed by atoms with Crippen molar-refractivity contribution in [3.63, 3.8) is 0 Å². The molecule has 0 aromatic heterocycles. The van der Waals surface area contributed by atoms with E-state index in [4.69, 9.17) is 32.7 Å². The summed E-state index contributed by atoms with van der Waals surface area (Å²) < 4.78 is 9.95. The van der Waals surface area contributed by atoms with E-state index in [1.165, 1.54) is 18.9 Å². The average Bonchev–Trinajstić information content (AvgIpc) is 3.52. The zero-order chi connectivity index (χ0) is 23.0. The molecule has 2 spiro atoms. The summed E-state index contributed by atoms with van der Waals surface area (Å²) in [5, 5.41) is 12.8. The van der Waals surface area contributed by atoms with Crippen molar-refractivity contribution in [1.82, 2.24) is 5.01 Å². The second kappa shape index (κ2) is 7.06. The largest absolute Gasteiger partial charge is 0.463 e. The van der Waals surface area contributed by atoms with Gasteiger partial charge in [-0.25, -0.2) is 19.6 Å². The van der Waals surface area contributed by atoms with Crippen LogP contribution in [0.5, 0.6) is 0 Å². The minimum Gasteiger partial charge on any atom is -0.463 e. The number of carbonyl (C=O) groups is 2. The zero-order valence-corrected chi connectivity index (χ0v) is 19.5. The number of nitrogens with zero attached hydrogens (tertiary/aromatic N) is 4. The predicted octanol–water partition coefficient (Wildman–Crippen LogP) is 3.66. The fourth-order valence-corrected chi connectivity index (χ4v) is 6.56. The minimum absolute atomic E-state index is 0.0241. The van der Waals surface area contributed by atoms with Crippen molar-refractivity contribution in [1.29, 1.82) is 0 Å². The lowest BCUT2D eigenvalue weighted by Crippen LogP contribution is -2.67. The van der Waals surface area contributed by atoms with Crippen molar-refractivity contribution in [2.45, 2.75) is 16.5 Å². The van der Waals surface area contributed by atoms with E-state index < -0.39 is 22.3 Å². The highest BCUT2D eigenvalue weighted by Gasteiger charge is 2.83. The van der Waals surface area contributed by atoms with Crippen LogP contribution >= 0.6 is 35.0 Å². The number of hydrogen-bond donors (Lipinski definition) is 0. The molecular weight excluding hydrogens is 487 g/mol. The topological polar surface area (TPSA) is 74.7 Å². The van der Waals surface area contributed by atoms with Gasteiger partial charge in [0.15, 0.2) is 0 Å². The number of carbonyl (C=O) groups excluding carboxylic acids is 2. The Morgan fingerprint density at radius 3 is 2.39 bits per heavy atom. The van der Waals surface area contributed by atoms with Crippen LogP contribution in [0.4, 0.5) is 11.4 Å². The summed E-state index contributed by atoms with van der Waals surface area (Å²) in [4.78, 5) is 26.6. The fourth-order valence-electron chi connectivity index (χ4n) is 4.98. The summed E-state index contributed by atoms with van der Waals surface area (Å²) in [7, 11) is 1.28. The molecule has 11 heteroatoms. The summed E-state index contributed by atoms with van der Waals surface area (Å²) in [6.07, 6.45) is 2.01. The van der Waals surface area contributed by atoms with Gasteiger partial charge in [-0.05, 0) is 53.9 Å². The van der Waals surface area contributed by atoms with Crippen LogP contribution in [-0.2, 0) is 19.1 Å². The SMILES string of the molecule is COC(=O)C1=NN(c2ccc(Cl)cc2)[C@@]23C(=O)OC[C@@]24SC=C[C@H]4N(c2ccc(Cl)cc2)N13. The molecule has 4 heterocycles. The van der Waals surface area contributed by atoms with Crippen LogP contribution in [-0.4, -0.2) is 53.0 Å². The van der Waals surface area contributed by atoms with Crippen LogP contribution in [0, 0.1) is 0 Å². The zero-order valence-electron chi connectivity index (χ0n) is 17.1. The number of halogens is 2. The van der Waals surface area contributed by atoms with Crippen molar-refractivity contribution in [3.05, 3.63) is 70.1 Å². The Labute approximate surface area is 203 Å². The van der Waals surface area contributed by atoms with Gasteiger partial charge >= 0.3 is 11.9 Å². The first-order chi connectivity index (χ1) is 15.9. The fraction of sp³-hybridized carbons (Fsp3) is 0.227. The summed E-state index contributed by atoms with van der Waals surface area (Å²) in [6.45, 7) is 0.142. The summed E-state index contributed by atoms with van der Waals surface area (Å²) in [5.74, 6) is -1.20. The monoisotopic (exact) mass is 502 g/mol. The first-order valence-corrected chi connectivity index (χ1v) is 11.7. The Kier molecular flexibility index (Phi) is 4.43. The molecule has 2 aromatic carbocycles. The Morgan fingerprint density at radius 1 is 1.12 bits per heavy atom. The quantitative estimate of drug-likeness (QED) is 0.588. The maximum absolute atomic E-state index is 13.7. The molecule has 0 bridgehead atoms. The molecule has 2 fully saturated rings. The van der Waals surface area contributed by atoms with Gasteiger partial charge in [0.05, 0.1) is 24.5 Å². The third kappa shape index (κ3) is 2.47. The van der Waals surface area contributed by atoms with Crippen molar-refractivity contribution >= 4 is 64.1 Å². The number of anilines is 2. The maximum atomic E-state index is 13.7. The first kappa shape index (κ1) is 20.7. The van der Waals surface area contributed by atoms with Gasteiger partial charge in [-0.15, -0.1) is 16.9 Å². The van der Waals surface area contributed by atoms with Crippen molar-refractivity contribution in [2.75, 3.05) is 23.7 Å². The van der Waals surface area contributed by atoms with Crippen molar-refractivity contribution in [3.8, 4) is 0 Å². The van der Waals surface area contributed by atoms with Gasteiger partial charge in [-0.2, -0.15) is 0 Å². The second-order valence-corrected chi connectivity index (χ2v) is 9.97. The van der Waals surface area contributed by atoms with Crippen LogP contribution in [0.15, 0.2) is 65.1 Å². The van der Waals surface area contributed by atoms with E-state index in [0.717, 1.165) is 5.69 Å². The molecule has 4 aliphatic rings. The molecule has 2 saturated heterocycles. The number of rotatable bonds is 3. The van der Waals surface area contributed by atoms with Gasteiger partial charge in [-0.3, -0.25) is 5.01 Å². The maximum Gasteiger partial charge on any atom is 0.377 e. The number of cyclic esters (lactones) is 1. The Balaban J connectivity index is 1.63. The molecule has 0 saturated carbocycles. The molecule has 33 heavy (non-hydrogen) atoms. The van der Waals surface area contributed by atoms with Crippen molar-refractivity contribution in [2.24, 2.45) is 5.10 Å². The Bertz CT molecular complexity index is 1240. The highest BCUT2D eigenvalue weighted by Crippen LogP contribution is 2.63. The number of hydrogen-bond acceptors (Lipinski definition) is 9. The third-order valence-electron chi connectivity index (χ3n) is 6.33. The van der Waals surface area contributed by atoms with Crippen LogP contribution < -0.4 is 10.0 Å². The van der Waals surface area contributed by atoms with E-state index >= 15 is 0 Å². The second-order valence-electron chi connectivity index (χ2n) is 7.87. The molecule has 0 N–H and O–H groups in total. The lowest BCUT2D eigenvalue weighted by atomic mass is 9.88. The Hall–Kier alpha value is -2.88. The third-order valence-corrected chi connectivity index (χ3v) is 8.19. The van der Waals surface area contributed by atoms with Gasteiger partial charge in [0.2, 0.25) is 0 Å². The Morgan fingerprint density at radius 2 is 1.76 bits per heavy atom. The van der Waals surface area contributed by atoms with Crippen LogP contribution in [0.1, 0.15) is 0 Å². The van der Waals surface area contributed by atoms with Gasteiger partial charge in [0, 0.05) is 10.0 Å². The van der Waals surface area contributed by atoms with E-state index in [-0.39, 0.29) is 18.5 Å². The van der Waals surface area contributed by atoms with Gasteiger partial charge in [0.25, 0.3) is 11.5 Å². The molecule has 6 rings (SSSR count). The standard InChI is InChI=1S/C22H16Cl2N4O4S/c1-31-19(29)18-25-27(16-8-4-14(24)5-9-16)22-20(30)32-12-21(22)17(10-11-33-21)26(28(18)22)15-6-2-13(23)3-7-15/h2-11,17H,12H2,1H3/t17-,21+,22-/m1/s1. The predicted molar refractivity (Wildman–Crippen MR) is 126 cm³/mol. The number of benzene rings is 2. The number of ether oxygens (including phenoxy) is 2. The first-order valence-electron chi connectivity index (χ1n) is 10.0. The summed E-state index contributed by atoms with van der Waals surface area (Å²) >= 11 is 13.7. The van der Waals surface area contributed by atoms with Crippen molar-refractivity contribution < 1.29 is 19.1 Å². The molecule has 0 amide bonds. The average molecular weight is 503 g/mol. The molecule has 0 aliphatic carbocycles. The number of thioether (sulfide) groups is 1. The lowest BCUT2D eigenvalue weighted by Gasteiger charge is -2.40. The molecule has 8 nitrogen and oxygen atoms in total. The summed E-state index contributed by atoms with van der Waals surface area (Å²) in [6, 6.07) is 13.8. The van der Waals surface area contributed by atoms with Gasteiger partial charge < -0.3 is 9.47 Å². The molecule has 0 unspecified atom stereocenters. The highest BCUT2D eigenvalue weighted by atomic mass is 35.5. The van der Waals surface area contributed by atoms with E-state index in [1.807, 2.05) is 28.6 Å². The molecule has 4 aliphatic heterocycles. The summed E-state index contributed by atoms with van der Waals surface area (Å²) in [5.41, 5.74) is -0.124. The van der Waals surface area contributed by atoms with Crippen LogP contribution in [0.2, 0.25) is 10.0 Å². The van der Waals surface area contributed by atoms with Crippen LogP contribution in [0.25, 0.3) is 0 Å². The molecule has 0 radical (unpaired) electrons. The van der Waals surface area contributed by atoms with E-state index in [0.29, 0.717) is 15.7 Å². The molecule has 168 valence electrons. The number of methoxy groups -OCH3 is 1. The number of hydrazone groups is 1. The van der Waals surface area contributed by atoms with E-state index in [9.17, 15) is 9.59 Å². The highest BCUT2D eigenvalue weighted by molar-refractivity contribution is 8.04.